The van der Waals surface area contributed by atoms with E-state index in [1.54, 1.807) is 29.4 Å². The number of nitrogens with zero attached hydrogens (tertiary/aromatic N) is 5. The molecule has 3 aliphatic rings. The van der Waals surface area contributed by atoms with Crippen LogP contribution in [0.3, 0.4) is 0 Å². The number of allylic oxidation sites excluding steroid dienone is 14. The number of hydrogen-bond donors (Lipinski definition) is 1. The minimum absolute atomic E-state index is 0.375. The van der Waals surface area contributed by atoms with Crippen molar-refractivity contribution in [3.05, 3.63) is 144 Å². The molecule has 34 heavy (non-hydrogen) atoms. The predicted octanol–water partition coefficient (Wildman–Crippen LogP) is 3.41. The van der Waals surface area contributed by atoms with Crippen molar-refractivity contribution in [1.82, 2.24) is 15.2 Å². The molecule has 3 aliphatic heterocycles. The normalized spacial score (nSPS) is 23.9. The van der Waals surface area contributed by atoms with Gasteiger partial charge in [0.05, 0.1) is 6.20 Å². The van der Waals surface area contributed by atoms with Crippen LogP contribution < -0.4 is 16.2 Å². The van der Waals surface area contributed by atoms with E-state index in [0.29, 0.717) is 11.4 Å². The standard InChI is InChI=1S/C27H24N6O/c28-26(34)23-16-11-9-7-5-3-1-2-4-6-8-10-14-21-32-30-29-27-25-19-13-12-17-24(25)22-31(33(27)32)20-15-18-23/h1-22H,(H2,28,34)/b2-1+,5-3-,6-4+,9-7-,10-8+,16-11?,20-15+,21-14+,23-18?. The summed E-state index contributed by atoms with van der Waals surface area (Å²) in [6.07, 6.45) is 33.4. The van der Waals surface area contributed by atoms with Crippen molar-refractivity contribution in [2.24, 2.45) is 16.1 Å². The van der Waals surface area contributed by atoms with Crippen LogP contribution in [0.1, 0.15) is 0 Å². The Morgan fingerprint density at radius 3 is 2.12 bits per heavy atom. The van der Waals surface area contributed by atoms with Crippen molar-refractivity contribution < 1.29 is 4.79 Å². The molecule has 0 aliphatic carbocycles. The van der Waals surface area contributed by atoms with Crippen molar-refractivity contribution in [2.45, 2.75) is 0 Å². The Morgan fingerprint density at radius 2 is 1.41 bits per heavy atom. The van der Waals surface area contributed by atoms with Crippen molar-refractivity contribution in [1.29, 1.82) is 0 Å². The lowest BCUT2D eigenvalue weighted by atomic mass is 10.2. The molecule has 0 aromatic heterocycles. The van der Waals surface area contributed by atoms with Crippen LogP contribution in [0, 0.1) is 0 Å². The first-order valence-electron chi connectivity index (χ1n) is 10.7. The maximum absolute atomic E-state index is 11.9. The summed E-state index contributed by atoms with van der Waals surface area (Å²) in [7, 11) is 0. The van der Waals surface area contributed by atoms with Crippen LogP contribution in [0.2, 0.25) is 0 Å². The number of fused-ring (bicyclic) bond motifs is 1. The second kappa shape index (κ2) is 11.1. The first-order chi connectivity index (χ1) is 16.7. The lowest BCUT2D eigenvalue weighted by Crippen LogP contribution is -2.48. The molecule has 1 amide bonds. The summed E-state index contributed by atoms with van der Waals surface area (Å²) < 4.78 is 0. The zero-order chi connectivity index (χ0) is 23.6. The maximum Gasteiger partial charge on any atom is 0.248 e. The van der Waals surface area contributed by atoms with Crippen LogP contribution in [-0.4, -0.2) is 21.2 Å². The molecule has 4 rings (SSSR count). The van der Waals surface area contributed by atoms with Crippen LogP contribution >= 0.6 is 0 Å². The fourth-order valence-electron chi connectivity index (χ4n) is 3.23. The molecule has 7 heteroatoms. The molecule has 168 valence electrons. The van der Waals surface area contributed by atoms with Crippen LogP contribution in [0.5, 0.6) is 0 Å². The monoisotopic (exact) mass is 448 g/mol. The fourth-order valence-corrected chi connectivity index (χ4v) is 3.23. The molecular formula is C27H24N6O. The van der Waals surface area contributed by atoms with E-state index in [9.17, 15) is 4.79 Å². The van der Waals surface area contributed by atoms with Crippen LogP contribution in [-0.2, 0) is 4.79 Å². The minimum Gasteiger partial charge on any atom is -0.366 e. The molecule has 1 aromatic carbocycles. The Kier molecular flexibility index (Phi) is 7.28. The van der Waals surface area contributed by atoms with Crippen molar-refractivity contribution in [3.8, 4) is 0 Å². The SMILES string of the molecule is NC(=O)C1=C/C=C/N2C=c3ccccc3=C3N=NN(/C=C/C=C/C=C/C=C/C=C\C=C/C=C1)N32. The summed E-state index contributed by atoms with van der Waals surface area (Å²) in [5.74, 6) is 0.178. The summed E-state index contributed by atoms with van der Waals surface area (Å²) in [5, 5.41) is 16.0. The van der Waals surface area contributed by atoms with Crippen LogP contribution in [0.4, 0.5) is 0 Å². The van der Waals surface area contributed by atoms with E-state index in [1.807, 2.05) is 120 Å². The molecule has 0 saturated heterocycles. The quantitative estimate of drug-likeness (QED) is 0.714. The largest absolute Gasteiger partial charge is 0.366 e. The number of nitrogens with two attached hydrogens (primary N) is 1. The zero-order valence-electron chi connectivity index (χ0n) is 18.4. The molecular weight excluding hydrogens is 424 g/mol. The van der Waals surface area contributed by atoms with Crippen molar-refractivity contribution >= 4 is 17.9 Å². The van der Waals surface area contributed by atoms with E-state index in [4.69, 9.17) is 5.73 Å². The molecule has 7 nitrogen and oxygen atoms in total. The van der Waals surface area contributed by atoms with E-state index in [0.717, 1.165) is 10.4 Å². The highest BCUT2D eigenvalue weighted by molar-refractivity contribution is 5.95. The van der Waals surface area contributed by atoms with Crippen LogP contribution in [0.15, 0.2) is 144 Å². The lowest BCUT2D eigenvalue weighted by Gasteiger charge is -2.34. The highest BCUT2D eigenvalue weighted by Gasteiger charge is 2.28. The number of primary amides is 1. The fraction of sp³-hybridized carbons (Fsp3) is 0. The number of carbonyl (C=O) groups excluding carboxylic acids is 1. The molecule has 1 aromatic rings. The average Bonchev–Trinajstić information content (AvgIpc) is 3.27. The van der Waals surface area contributed by atoms with E-state index < -0.39 is 5.91 Å². The van der Waals surface area contributed by atoms with Crippen molar-refractivity contribution in [2.75, 3.05) is 0 Å². The first kappa shape index (κ1) is 22.3. The lowest BCUT2D eigenvalue weighted by molar-refractivity contribution is -0.114. The highest BCUT2D eigenvalue weighted by atomic mass is 16.1. The Morgan fingerprint density at radius 1 is 0.765 bits per heavy atom. The van der Waals surface area contributed by atoms with Gasteiger partial charge >= 0.3 is 0 Å². The molecule has 0 unspecified atom stereocenters. The third-order valence-corrected chi connectivity index (χ3v) is 4.82. The molecule has 0 spiro atoms. The van der Waals surface area contributed by atoms with Gasteiger partial charge in [0.25, 0.3) is 0 Å². The predicted molar refractivity (Wildman–Crippen MR) is 134 cm³/mol. The van der Waals surface area contributed by atoms with Gasteiger partial charge in [0.2, 0.25) is 11.7 Å². The number of carbonyl (C=O) groups is 1. The highest BCUT2D eigenvalue weighted by Crippen LogP contribution is 2.25. The molecule has 0 saturated carbocycles. The number of amides is 1. The van der Waals surface area contributed by atoms with Gasteiger partial charge in [-0.05, 0) is 29.5 Å². The molecule has 0 atom stereocenters. The van der Waals surface area contributed by atoms with E-state index >= 15 is 0 Å². The number of rotatable bonds is 1. The van der Waals surface area contributed by atoms with E-state index in [-0.39, 0.29) is 0 Å². The Hall–Kier alpha value is -4.91. The van der Waals surface area contributed by atoms with Crippen LogP contribution in [0.25, 0.3) is 12.0 Å². The minimum atomic E-state index is -0.513. The smallest absolute Gasteiger partial charge is 0.248 e. The molecule has 2 N–H and O–H groups in total. The number of hydrazine groups is 2. The van der Waals surface area contributed by atoms with Gasteiger partial charge < -0.3 is 5.73 Å². The third-order valence-electron chi connectivity index (χ3n) is 4.82. The van der Waals surface area contributed by atoms with Gasteiger partial charge in [0.15, 0.2) is 0 Å². The van der Waals surface area contributed by atoms with Gasteiger partial charge in [-0.2, -0.15) is 0 Å². The summed E-state index contributed by atoms with van der Waals surface area (Å²) in [5.41, 5.74) is 5.92. The van der Waals surface area contributed by atoms with Gasteiger partial charge in [-0.25, -0.2) is 5.01 Å². The van der Waals surface area contributed by atoms with E-state index in [1.165, 1.54) is 0 Å². The number of benzene rings is 1. The van der Waals surface area contributed by atoms with E-state index in [2.05, 4.69) is 10.3 Å². The van der Waals surface area contributed by atoms with Gasteiger partial charge in [0, 0.05) is 28.4 Å². The van der Waals surface area contributed by atoms with Crippen molar-refractivity contribution in [3.63, 3.8) is 0 Å². The van der Waals surface area contributed by atoms with Gasteiger partial charge in [0.1, 0.15) is 0 Å². The Balaban J connectivity index is 1.73. The summed E-state index contributed by atoms with van der Waals surface area (Å²) in [6, 6.07) is 7.96. The molecule has 0 bridgehead atoms. The molecule has 0 radical (unpaired) electrons. The number of hydrogen-bond acceptors (Lipinski definition) is 6. The molecule has 0 fully saturated rings. The second-order valence-electron chi connectivity index (χ2n) is 7.17. The second-order valence-corrected chi connectivity index (χ2v) is 7.17. The Labute approximate surface area is 198 Å². The summed E-state index contributed by atoms with van der Waals surface area (Å²) >= 11 is 0. The third kappa shape index (κ3) is 5.46. The molecule has 3 heterocycles. The zero-order valence-corrected chi connectivity index (χ0v) is 18.4. The average molecular weight is 449 g/mol. The van der Waals surface area contributed by atoms with Gasteiger partial charge in [-0.15, -0.1) is 15.4 Å². The maximum atomic E-state index is 11.9. The summed E-state index contributed by atoms with van der Waals surface area (Å²) in [6.45, 7) is 0. The van der Waals surface area contributed by atoms with Gasteiger partial charge in [-0.1, -0.05) is 91.1 Å². The van der Waals surface area contributed by atoms with Gasteiger partial charge in [-0.3, -0.25) is 4.79 Å². The topological polar surface area (TPSA) is 77.5 Å². The summed E-state index contributed by atoms with van der Waals surface area (Å²) in [4.78, 5) is 11.9. The Bertz CT molecular complexity index is 1350. The first-order valence-corrected chi connectivity index (χ1v) is 10.7.